The second kappa shape index (κ2) is 13.6. The van der Waals surface area contributed by atoms with Gasteiger partial charge in [0.1, 0.15) is 6.04 Å². The van der Waals surface area contributed by atoms with E-state index in [0.29, 0.717) is 41.4 Å². The molecular formula is C30H39N5O3S. The van der Waals surface area contributed by atoms with Gasteiger partial charge in [0.15, 0.2) is 11.5 Å². The van der Waals surface area contributed by atoms with E-state index < -0.39 is 6.04 Å². The van der Waals surface area contributed by atoms with E-state index in [1.54, 1.807) is 11.8 Å². The van der Waals surface area contributed by atoms with E-state index >= 15 is 0 Å². The van der Waals surface area contributed by atoms with Gasteiger partial charge in [0, 0.05) is 17.1 Å². The van der Waals surface area contributed by atoms with Gasteiger partial charge in [0.05, 0.1) is 18.8 Å². The molecule has 3 aromatic rings. The van der Waals surface area contributed by atoms with Crippen LogP contribution in [0.2, 0.25) is 0 Å². The first-order valence-electron chi connectivity index (χ1n) is 13.8. The highest BCUT2D eigenvalue weighted by Gasteiger charge is 2.35. The molecule has 0 aliphatic carbocycles. The number of unbranched alkanes of at least 4 members (excludes halogenated alkanes) is 2. The Morgan fingerprint density at radius 3 is 2.62 bits per heavy atom. The molecule has 0 radical (unpaired) electrons. The van der Waals surface area contributed by atoms with Gasteiger partial charge >= 0.3 is 0 Å². The Hall–Kier alpha value is -3.46. The van der Waals surface area contributed by atoms with Crippen LogP contribution in [-0.2, 0) is 4.79 Å². The van der Waals surface area contributed by atoms with Gasteiger partial charge in [0.2, 0.25) is 11.1 Å². The highest BCUT2D eigenvalue weighted by Crippen LogP contribution is 2.40. The first kappa shape index (κ1) is 28.5. The summed E-state index contributed by atoms with van der Waals surface area (Å²) in [5.41, 5.74) is 3.99. The van der Waals surface area contributed by atoms with Crippen molar-refractivity contribution in [2.24, 2.45) is 0 Å². The lowest BCUT2D eigenvalue weighted by atomic mass is 9.94. The monoisotopic (exact) mass is 549 g/mol. The number of amides is 1. The van der Waals surface area contributed by atoms with Crippen LogP contribution in [0, 0.1) is 6.92 Å². The van der Waals surface area contributed by atoms with E-state index in [-0.39, 0.29) is 5.91 Å². The first-order valence-corrected chi connectivity index (χ1v) is 14.8. The SMILES string of the molecule is CCCCOc1ccc(C2C(C(=O)Nc3cccc(C)c3)=C(C)Nc3nc(SCCCC)nn32)cc1OCC. The summed E-state index contributed by atoms with van der Waals surface area (Å²) >= 11 is 1.63. The van der Waals surface area contributed by atoms with Crippen LogP contribution in [0.1, 0.15) is 70.5 Å². The molecule has 39 heavy (non-hydrogen) atoms. The van der Waals surface area contributed by atoms with Crippen LogP contribution in [0.3, 0.4) is 0 Å². The van der Waals surface area contributed by atoms with E-state index in [9.17, 15) is 4.79 Å². The zero-order valence-electron chi connectivity index (χ0n) is 23.5. The molecule has 1 aliphatic rings. The summed E-state index contributed by atoms with van der Waals surface area (Å²) in [5.74, 6) is 2.71. The normalized spacial score (nSPS) is 14.5. The number of benzene rings is 2. The first-order chi connectivity index (χ1) is 18.9. The van der Waals surface area contributed by atoms with Crippen molar-refractivity contribution in [3.05, 3.63) is 64.9 Å². The van der Waals surface area contributed by atoms with Crippen molar-refractivity contribution in [2.45, 2.75) is 71.5 Å². The number of ether oxygens (including phenoxy) is 2. The van der Waals surface area contributed by atoms with Crippen LogP contribution in [0.5, 0.6) is 11.5 Å². The number of hydrogen-bond acceptors (Lipinski definition) is 7. The molecule has 8 nitrogen and oxygen atoms in total. The zero-order chi connectivity index (χ0) is 27.8. The molecular weight excluding hydrogens is 510 g/mol. The predicted octanol–water partition coefficient (Wildman–Crippen LogP) is 6.98. The van der Waals surface area contributed by atoms with Crippen molar-refractivity contribution in [1.82, 2.24) is 14.8 Å². The molecule has 1 atom stereocenters. The zero-order valence-corrected chi connectivity index (χ0v) is 24.4. The molecule has 4 rings (SSSR count). The van der Waals surface area contributed by atoms with Gasteiger partial charge in [-0.15, -0.1) is 5.10 Å². The molecule has 0 fully saturated rings. The molecule has 208 valence electrons. The Balaban J connectivity index is 1.75. The Morgan fingerprint density at radius 2 is 1.87 bits per heavy atom. The fourth-order valence-corrected chi connectivity index (χ4v) is 5.34. The molecule has 2 heterocycles. The third kappa shape index (κ3) is 6.95. The topological polar surface area (TPSA) is 90.3 Å². The Kier molecular flexibility index (Phi) is 9.92. The number of aromatic nitrogens is 3. The van der Waals surface area contributed by atoms with Gasteiger partial charge in [-0.05, 0) is 69.0 Å². The van der Waals surface area contributed by atoms with Gasteiger partial charge in [0.25, 0.3) is 5.91 Å². The second-order valence-electron chi connectivity index (χ2n) is 9.60. The Morgan fingerprint density at radius 1 is 1.05 bits per heavy atom. The van der Waals surface area contributed by atoms with E-state index in [1.165, 1.54) is 0 Å². The molecule has 2 N–H and O–H groups in total. The largest absolute Gasteiger partial charge is 0.490 e. The van der Waals surface area contributed by atoms with E-state index in [1.807, 2.05) is 67.9 Å². The smallest absolute Gasteiger partial charge is 0.255 e. The molecule has 0 saturated carbocycles. The van der Waals surface area contributed by atoms with Gasteiger partial charge in [-0.3, -0.25) is 4.79 Å². The summed E-state index contributed by atoms with van der Waals surface area (Å²) < 4.78 is 13.8. The minimum absolute atomic E-state index is 0.196. The minimum atomic E-state index is -0.497. The second-order valence-corrected chi connectivity index (χ2v) is 10.7. The highest BCUT2D eigenvalue weighted by molar-refractivity contribution is 7.99. The molecule has 2 aromatic carbocycles. The number of anilines is 2. The van der Waals surface area contributed by atoms with Crippen LogP contribution in [0.25, 0.3) is 0 Å². The molecule has 0 spiro atoms. The third-order valence-corrected chi connectivity index (χ3v) is 7.35. The number of fused-ring (bicyclic) bond motifs is 1. The van der Waals surface area contributed by atoms with Crippen molar-refractivity contribution < 1.29 is 14.3 Å². The molecule has 1 amide bonds. The van der Waals surface area contributed by atoms with E-state index in [0.717, 1.165) is 53.9 Å². The number of rotatable bonds is 13. The number of nitrogens with one attached hydrogen (secondary N) is 2. The molecule has 0 bridgehead atoms. The summed E-state index contributed by atoms with van der Waals surface area (Å²) in [6.45, 7) is 11.3. The Bertz CT molecular complexity index is 1320. The maximum atomic E-state index is 13.8. The number of allylic oxidation sites excluding steroid dienone is 1. The maximum Gasteiger partial charge on any atom is 0.255 e. The van der Waals surface area contributed by atoms with Crippen molar-refractivity contribution in [3.63, 3.8) is 0 Å². The summed E-state index contributed by atoms with van der Waals surface area (Å²) in [6.07, 6.45) is 4.21. The van der Waals surface area contributed by atoms with Crippen LogP contribution >= 0.6 is 11.8 Å². The fourth-order valence-electron chi connectivity index (χ4n) is 4.43. The summed E-state index contributed by atoms with van der Waals surface area (Å²) in [7, 11) is 0. The molecule has 1 aliphatic heterocycles. The number of nitrogens with zero attached hydrogens (tertiary/aromatic N) is 3. The average molecular weight is 550 g/mol. The van der Waals surface area contributed by atoms with Crippen molar-refractivity contribution in [3.8, 4) is 11.5 Å². The van der Waals surface area contributed by atoms with Crippen molar-refractivity contribution >= 4 is 29.3 Å². The van der Waals surface area contributed by atoms with Crippen LogP contribution < -0.4 is 20.1 Å². The number of hydrogen-bond donors (Lipinski definition) is 2. The quantitative estimate of drug-likeness (QED) is 0.175. The van der Waals surface area contributed by atoms with Crippen LogP contribution in [0.15, 0.2) is 58.9 Å². The summed E-state index contributed by atoms with van der Waals surface area (Å²) in [4.78, 5) is 18.6. The van der Waals surface area contributed by atoms with E-state index in [4.69, 9.17) is 19.6 Å². The maximum absolute atomic E-state index is 13.8. The Labute approximate surface area is 235 Å². The van der Waals surface area contributed by atoms with Crippen molar-refractivity contribution in [1.29, 1.82) is 0 Å². The third-order valence-electron chi connectivity index (χ3n) is 6.42. The predicted molar refractivity (Wildman–Crippen MR) is 158 cm³/mol. The number of thioether (sulfide) groups is 1. The standard InChI is InChI=1S/C30H39N5O3S/c1-6-9-16-38-24-15-14-22(19-25(24)37-8-3)27-26(28(36)32-23-13-11-12-20(4)18-23)21(5)31-29-33-30(34-35(27)29)39-17-10-7-2/h11-15,18-19,27H,6-10,16-17H2,1-5H3,(H,32,36)(H,31,33,34). The fraction of sp³-hybridized carbons (Fsp3) is 0.433. The summed E-state index contributed by atoms with van der Waals surface area (Å²) in [5, 5.41) is 11.9. The number of aryl methyl sites for hydroxylation is 1. The molecule has 1 unspecified atom stereocenters. The number of carbonyl (C=O) groups is 1. The van der Waals surface area contributed by atoms with Crippen molar-refractivity contribution in [2.75, 3.05) is 29.6 Å². The lowest BCUT2D eigenvalue weighted by Crippen LogP contribution is -2.31. The number of carbonyl (C=O) groups excluding carboxylic acids is 1. The van der Waals surface area contributed by atoms with Crippen LogP contribution in [-0.4, -0.2) is 39.6 Å². The lowest BCUT2D eigenvalue weighted by Gasteiger charge is -2.29. The molecule has 0 saturated heterocycles. The minimum Gasteiger partial charge on any atom is -0.490 e. The highest BCUT2D eigenvalue weighted by atomic mass is 32.2. The van der Waals surface area contributed by atoms with Gasteiger partial charge in [-0.1, -0.05) is 56.7 Å². The average Bonchev–Trinajstić information content (AvgIpc) is 3.31. The summed E-state index contributed by atoms with van der Waals surface area (Å²) in [6, 6.07) is 13.2. The van der Waals surface area contributed by atoms with Gasteiger partial charge < -0.3 is 20.1 Å². The lowest BCUT2D eigenvalue weighted by molar-refractivity contribution is -0.113. The molecule has 1 aromatic heterocycles. The van der Waals surface area contributed by atoms with Crippen LogP contribution in [0.4, 0.5) is 11.6 Å². The van der Waals surface area contributed by atoms with Gasteiger partial charge in [-0.25, -0.2) is 4.68 Å². The molecule has 9 heteroatoms. The van der Waals surface area contributed by atoms with Gasteiger partial charge in [-0.2, -0.15) is 4.98 Å². The van der Waals surface area contributed by atoms with E-state index in [2.05, 4.69) is 24.5 Å².